The summed E-state index contributed by atoms with van der Waals surface area (Å²) in [6.45, 7) is 4.96. The molecule has 2 aromatic carbocycles. The van der Waals surface area contributed by atoms with E-state index in [2.05, 4.69) is 39.8 Å². The van der Waals surface area contributed by atoms with Crippen LogP contribution in [0.15, 0.2) is 48.5 Å². The topological polar surface area (TPSA) is 62.8 Å². The summed E-state index contributed by atoms with van der Waals surface area (Å²) in [6, 6.07) is 16.1. The molecule has 0 radical (unpaired) electrons. The van der Waals surface area contributed by atoms with E-state index >= 15 is 0 Å². The number of ether oxygens (including phenoxy) is 2. The SMILES string of the molecule is CC(NC(=O)NCC(c1ccccc1)N1CCCC1)c1ccc2c(c1)OCO2. The molecule has 6 heteroatoms. The summed E-state index contributed by atoms with van der Waals surface area (Å²) in [5.41, 5.74) is 2.23. The lowest BCUT2D eigenvalue weighted by Gasteiger charge is -2.28. The van der Waals surface area contributed by atoms with Gasteiger partial charge in [0.15, 0.2) is 11.5 Å². The van der Waals surface area contributed by atoms with E-state index in [0.29, 0.717) is 6.54 Å². The second-order valence-electron chi connectivity index (χ2n) is 7.36. The van der Waals surface area contributed by atoms with Crippen molar-refractivity contribution in [2.45, 2.75) is 31.8 Å². The average Bonchev–Trinajstić information content (AvgIpc) is 3.40. The molecular formula is C22H27N3O3. The molecule has 2 unspecified atom stereocenters. The first-order chi connectivity index (χ1) is 13.7. The number of likely N-dealkylation sites (tertiary alicyclic amines) is 1. The highest BCUT2D eigenvalue weighted by Gasteiger charge is 2.24. The van der Waals surface area contributed by atoms with E-state index in [-0.39, 0.29) is 24.9 Å². The zero-order valence-corrected chi connectivity index (χ0v) is 16.2. The molecule has 6 nitrogen and oxygen atoms in total. The third-order valence-corrected chi connectivity index (χ3v) is 5.47. The van der Waals surface area contributed by atoms with Crippen molar-refractivity contribution in [3.63, 3.8) is 0 Å². The molecule has 0 aromatic heterocycles. The van der Waals surface area contributed by atoms with Gasteiger partial charge in [-0.3, -0.25) is 4.90 Å². The van der Waals surface area contributed by atoms with Crippen LogP contribution >= 0.6 is 0 Å². The fourth-order valence-corrected chi connectivity index (χ4v) is 3.89. The van der Waals surface area contributed by atoms with Crippen LogP contribution in [0.4, 0.5) is 4.79 Å². The fraction of sp³-hybridized carbons (Fsp3) is 0.409. The molecule has 148 valence electrons. The number of amides is 2. The van der Waals surface area contributed by atoms with Gasteiger partial charge in [-0.2, -0.15) is 0 Å². The number of carbonyl (C=O) groups is 1. The lowest BCUT2D eigenvalue weighted by atomic mass is 10.1. The zero-order chi connectivity index (χ0) is 19.3. The number of nitrogens with one attached hydrogen (secondary N) is 2. The van der Waals surface area contributed by atoms with E-state index in [9.17, 15) is 4.79 Å². The molecule has 2 N–H and O–H groups in total. The van der Waals surface area contributed by atoms with Gasteiger partial charge in [0.2, 0.25) is 6.79 Å². The van der Waals surface area contributed by atoms with E-state index in [1.54, 1.807) is 0 Å². The van der Waals surface area contributed by atoms with Gasteiger partial charge in [-0.1, -0.05) is 36.4 Å². The minimum Gasteiger partial charge on any atom is -0.454 e. The minimum atomic E-state index is -0.162. The summed E-state index contributed by atoms with van der Waals surface area (Å²) in [5, 5.41) is 6.08. The Morgan fingerprint density at radius 1 is 1.04 bits per heavy atom. The van der Waals surface area contributed by atoms with E-state index in [4.69, 9.17) is 9.47 Å². The number of hydrogen-bond acceptors (Lipinski definition) is 4. The number of rotatable bonds is 6. The Bertz CT molecular complexity index is 806. The molecule has 0 saturated carbocycles. The predicted octanol–water partition coefficient (Wildman–Crippen LogP) is 3.61. The second kappa shape index (κ2) is 8.52. The van der Waals surface area contributed by atoms with Gasteiger partial charge >= 0.3 is 6.03 Å². The molecular weight excluding hydrogens is 354 g/mol. The molecule has 28 heavy (non-hydrogen) atoms. The van der Waals surface area contributed by atoms with Crippen molar-refractivity contribution in [2.24, 2.45) is 0 Å². The monoisotopic (exact) mass is 381 g/mol. The molecule has 2 aromatic rings. The van der Waals surface area contributed by atoms with Crippen LogP contribution in [0.25, 0.3) is 0 Å². The van der Waals surface area contributed by atoms with Crippen LogP contribution in [-0.2, 0) is 0 Å². The summed E-state index contributed by atoms with van der Waals surface area (Å²) in [7, 11) is 0. The number of urea groups is 1. The predicted molar refractivity (Wildman–Crippen MR) is 108 cm³/mol. The number of hydrogen-bond donors (Lipinski definition) is 2. The largest absolute Gasteiger partial charge is 0.454 e. The molecule has 2 aliphatic heterocycles. The first kappa shape index (κ1) is 18.6. The highest BCUT2D eigenvalue weighted by molar-refractivity contribution is 5.74. The van der Waals surface area contributed by atoms with E-state index in [1.165, 1.54) is 18.4 Å². The Hall–Kier alpha value is -2.73. The van der Waals surface area contributed by atoms with Gasteiger partial charge in [0.05, 0.1) is 12.1 Å². The van der Waals surface area contributed by atoms with Gasteiger partial charge in [0.1, 0.15) is 0 Å². The van der Waals surface area contributed by atoms with Crippen molar-refractivity contribution in [3.8, 4) is 11.5 Å². The third kappa shape index (κ3) is 4.22. The highest BCUT2D eigenvalue weighted by Crippen LogP contribution is 2.34. The average molecular weight is 381 g/mol. The summed E-state index contributed by atoms with van der Waals surface area (Å²) >= 11 is 0. The molecule has 1 fully saturated rings. The van der Waals surface area contributed by atoms with E-state index in [1.807, 2.05) is 31.2 Å². The van der Waals surface area contributed by atoms with Crippen molar-refractivity contribution < 1.29 is 14.3 Å². The van der Waals surface area contributed by atoms with Crippen molar-refractivity contribution >= 4 is 6.03 Å². The van der Waals surface area contributed by atoms with Crippen molar-refractivity contribution in [3.05, 3.63) is 59.7 Å². The molecule has 2 aliphatic rings. The maximum absolute atomic E-state index is 12.5. The summed E-state index contributed by atoms with van der Waals surface area (Å²) in [6.07, 6.45) is 2.44. The number of benzene rings is 2. The van der Waals surface area contributed by atoms with Gasteiger partial charge in [0, 0.05) is 6.54 Å². The number of carbonyl (C=O) groups excluding carboxylic acids is 1. The van der Waals surface area contributed by atoms with Crippen LogP contribution in [0.2, 0.25) is 0 Å². The van der Waals surface area contributed by atoms with Gasteiger partial charge < -0.3 is 20.1 Å². The Balaban J connectivity index is 1.35. The van der Waals surface area contributed by atoms with Crippen LogP contribution in [0, 0.1) is 0 Å². The fourth-order valence-electron chi connectivity index (χ4n) is 3.89. The maximum Gasteiger partial charge on any atom is 0.315 e. The van der Waals surface area contributed by atoms with Gasteiger partial charge in [-0.15, -0.1) is 0 Å². The lowest BCUT2D eigenvalue weighted by Crippen LogP contribution is -2.42. The van der Waals surface area contributed by atoms with Gasteiger partial charge in [0.25, 0.3) is 0 Å². The molecule has 4 rings (SSSR count). The molecule has 2 heterocycles. The Kier molecular flexibility index (Phi) is 5.67. The Labute approximate surface area is 165 Å². The zero-order valence-electron chi connectivity index (χ0n) is 16.2. The molecule has 0 aliphatic carbocycles. The smallest absolute Gasteiger partial charge is 0.315 e. The summed E-state index contributed by atoms with van der Waals surface area (Å²) < 4.78 is 10.8. The van der Waals surface area contributed by atoms with Gasteiger partial charge in [-0.05, 0) is 56.1 Å². The molecule has 0 bridgehead atoms. The summed E-state index contributed by atoms with van der Waals surface area (Å²) in [5.74, 6) is 1.47. The standard InChI is InChI=1S/C22H27N3O3/c1-16(18-9-10-20-21(13-18)28-15-27-20)24-22(26)23-14-19(25-11-5-6-12-25)17-7-3-2-4-8-17/h2-4,7-10,13,16,19H,5-6,11-12,14-15H2,1H3,(H2,23,24,26). The van der Waals surface area contributed by atoms with Crippen molar-refractivity contribution in [1.82, 2.24) is 15.5 Å². The molecule has 0 spiro atoms. The second-order valence-corrected chi connectivity index (χ2v) is 7.36. The van der Waals surface area contributed by atoms with Gasteiger partial charge in [-0.25, -0.2) is 4.79 Å². The van der Waals surface area contributed by atoms with Crippen LogP contribution in [-0.4, -0.2) is 37.4 Å². The van der Waals surface area contributed by atoms with Crippen LogP contribution < -0.4 is 20.1 Å². The first-order valence-electron chi connectivity index (χ1n) is 9.93. The molecule has 2 atom stereocenters. The Morgan fingerprint density at radius 2 is 1.79 bits per heavy atom. The third-order valence-electron chi connectivity index (χ3n) is 5.47. The van der Waals surface area contributed by atoms with Crippen LogP contribution in [0.5, 0.6) is 11.5 Å². The van der Waals surface area contributed by atoms with E-state index in [0.717, 1.165) is 30.2 Å². The maximum atomic E-state index is 12.5. The Morgan fingerprint density at radius 3 is 2.57 bits per heavy atom. The van der Waals surface area contributed by atoms with Crippen LogP contribution in [0.3, 0.4) is 0 Å². The number of fused-ring (bicyclic) bond motifs is 1. The quantitative estimate of drug-likeness (QED) is 0.802. The first-order valence-corrected chi connectivity index (χ1v) is 9.93. The lowest BCUT2D eigenvalue weighted by molar-refractivity contribution is 0.174. The normalized spacial score (nSPS) is 17.9. The highest BCUT2D eigenvalue weighted by atomic mass is 16.7. The van der Waals surface area contributed by atoms with Crippen molar-refractivity contribution in [1.29, 1.82) is 0 Å². The van der Waals surface area contributed by atoms with E-state index < -0.39 is 0 Å². The number of nitrogens with zero attached hydrogens (tertiary/aromatic N) is 1. The van der Waals surface area contributed by atoms with Crippen molar-refractivity contribution in [2.75, 3.05) is 26.4 Å². The van der Waals surface area contributed by atoms with Crippen LogP contribution in [0.1, 0.15) is 43.0 Å². The minimum absolute atomic E-state index is 0.128. The molecule has 1 saturated heterocycles. The molecule has 2 amide bonds. The summed E-state index contributed by atoms with van der Waals surface area (Å²) in [4.78, 5) is 15.0.